The largest absolute Gasteiger partial charge is 0.377 e. The van der Waals surface area contributed by atoms with Gasteiger partial charge in [0.25, 0.3) is 0 Å². The molecule has 116 valence electrons. The van der Waals surface area contributed by atoms with Crippen LogP contribution in [0.4, 0.5) is 0 Å². The minimum Gasteiger partial charge on any atom is -0.377 e. The van der Waals surface area contributed by atoms with Crippen molar-refractivity contribution in [1.29, 1.82) is 0 Å². The summed E-state index contributed by atoms with van der Waals surface area (Å²) in [6, 6.07) is 0. The molecule has 2 fully saturated rings. The van der Waals surface area contributed by atoms with Crippen molar-refractivity contribution < 1.29 is 9.53 Å². The third-order valence-corrected chi connectivity index (χ3v) is 4.62. The topological polar surface area (TPSA) is 58.8 Å². The Bertz CT molecular complexity index is 303. The summed E-state index contributed by atoms with van der Waals surface area (Å²) in [7, 11) is 0. The SMILES string of the molecule is CC1CCCCC1OCCN1CCN(CC(N)=O)CC1. The van der Waals surface area contributed by atoms with Gasteiger partial charge in [-0.3, -0.25) is 14.6 Å². The predicted octanol–water partition coefficient (Wildman–Crippen LogP) is 0.685. The first-order valence-corrected chi connectivity index (χ1v) is 8.00. The Balaban J connectivity index is 1.58. The van der Waals surface area contributed by atoms with Gasteiger partial charge >= 0.3 is 0 Å². The summed E-state index contributed by atoms with van der Waals surface area (Å²) in [6.45, 7) is 8.44. The molecule has 2 N–H and O–H groups in total. The van der Waals surface area contributed by atoms with Crippen LogP contribution >= 0.6 is 0 Å². The Labute approximate surface area is 122 Å². The molecule has 0 bridgehead atoms. The van der Waals surface area contributed by atoms with Gasteiger partial charge in [0, 0.05) is 32.7 Å². The summed E-state index contributed by atoms with van der Waals surface area (Å²) in [5.41, 5.74) is 5.22. The van der Waals surface area contributed by atoms with Gasteiger partial charge in [-0.05, 0) is 18.8 Å². The molecule has 1 saturated heterocycles. The molecule has 2 aliphatic rings. The van der Waals surface area contributed by atoms with E-state index in [0.29, 0.717) is 12.6 Å². The zero-order chi connectivity index (χ0) is 14.4. The smallest absolute Gasteiger partial charge is 0.231 e. The molecule has 1 saturated carbocycles. The minimum atomic E-state index is -0.229. The molecular weight excluding hydrogens is 254 g/mol. The van der Waals surface area contributed by atoms with Crippen LogP contribution in [0.1, 0.15) is 32.6 Å². The Morgan fingerprint density at radius 2 is 1.80 bits per heavy atom. The molecule has 0 aromatic heterocycles. The lowest BCUT2D eigenvalue weighted by molar-refractivity contribution is -0.119. The molecule has 2 unspecified atom stereocenters. The molecule has 5 heteroatoms. The van der Waals surface area contributed by atoms with Crippen LogP contribution in [-0.2, 0) is 9.53 Å². The summed E-state index contributed by atoms with van der Waals surface area (Å²) in [6.07, 6.45) is 5.70. The zero-order valence-electron chi connectivity index (χ0n) is 12.7. The van der Waals surface area contributed by atoms with Crippen molar-refractivity contribution in [3.05, 3.63) is 0 Å². The lowest BCUT2D eigenvalue weighted by Gasteiger charge is -2.35. The summed E-state index contributed by atoms with van der Waals surface area (Å²) >= 11 is 0. The summed E-state index contributed by atoms with van der Waals surface area (Å²) < 4.78 is 6.06. The maximum absolute atomic E-state index is 10.9. The molecule has 0 aromatic rings. The first-order valence-electron chi connectivity index (χ1n) is 8.00. The van der Waals surface area contributed by atoms with E-state index in [9.17, 15) is 4.79 Å². The van der Waals surface area contributed by atoms with Gasteiger partial charge in [-0.15, -0.1) is 0 Å². The van der Waals surface area contributed by atoms with Crippen LogP contribution in [0.3, 0.4) is 0 Å². The average Bonchev–Trinajstić information content (AvgIpc) is 2.42. The van der Waals surface area contributed by atoms with Crippen LogP contribution in [0.2, 0.25) is 0 Å². The van der Waals surface area contributed by atoms with Crippen molar-refractivity contribution in [2.24, 2.45) is 11.7 Å². The van der Waals surface area contributed by atoms with Crippen molar-refractivity contribution in [2.75, 3.05) is 45.9 Å². The van der Waals surface area contributed by atoms with E-state index in [2.05, 4.69) is 16.7 Å². The number of primary amides is 1. The van der Waals surface area contributed by atoms with Crippen molar-refractivity contribution in [1.82, 2.24) is 9.80 Å². The summed E-state index contributed by atoms with van der Waals surface area (Å²) in [4.78, 5) is 15.4. The molecule has 1 heterocycles. The number of carbonyl (C=O) groups is 1. The number of hydrogen-bond donors (Lipinski definition) is 1. The van der Waals surface area contributed by atoms with Gasteiger partial charge in [0.15, 0.2) is 0 Å². The maximum Gasteiger partial charge on any atom is 0.231 e. The van der Waals surface area contributed by atoms with Crippen LogP contribution in [-0.4, -0.2) is 67.7 Å². The highest BCUT2D eigenvalue weighted by molar-refractivity contribution is 5.75. The van der Waals surface area contributed by atoms with E-state index in [0.717, 1.165) is 45.2 Å². The minimum absolute atomic E-state index is 0.229. The highest BCUT2D eigenvalue weighted by Gasteiger charge is 2.22. The van der Waals surface area contributed by atoms with Crippen LogP contribution in [0.5, 0.6) is 0 Å². The Morgan fingerprint density at radius 3 is 2.45 bits per heavy atom. The molecule has 0 radical (unpaired) electrons. The summed E-state index contributed by atoms with van der Waals surface area (Å²) in [5, 5.41) is 0. The molecule has 1 amide bonds. The van der Waals surface area contributed by atoms with E-state index >= 15 is 0 Å². The first kappa shape index (κ1) is 15.7. The van der Waals surface area contributed by atoms with Gasteiger partial charge < -0.3 is 10.5 Å². The van der Waals surface area contributed by atoms with Crippen molar-refractivity contribution in [3.8, 4) is 0 Å². The monoisotopic (exact) mass is 283 g/mol. The standard InChI is InChI=1S/C15H29N3O2/c1-13-4-2-3-5-14(13)20-11-10-17-6-8-18(9-7-17)12-15(16)19/h13-14H,2-12H2,1H3,(H2,16,19). The number of ether oxygens (including phenoxy) is 1. The van der Waals surface area contributed by atoms with E-state index in [1.807, 2.05) is 0 Å². The molecule has 2 rings (SSSR count). The highest BCUT2D eigenvalue weighted by atomic mass is 16.5. The quantitative estimate of drug-likeness (QED) is 0.779. The van der Waals surface area contributed by atoms with Crippen LogP contribution in [0.15, 0.2) is 0 Å². The fourth-order valence-electron chi connectivity index (χ4n) is 3.25. The fourth-order valence-corrected chi connectivity index (χ4v) is 3.25. The van der Waals surface area contributed by atoms with Crippen molar-refractivity contribution >= 4 is 5.91 Å². The number of carbonyl (C=O) groups excluding carboxylic acids is 1. The number of hydrogen-bond acceptors (Lipinski definition) is 4. The number of rotatable bonds is 6. The number of nitrogens with zero attached hydrogens (tertiary/aromatic N) is 2. The van der Waals surface area contributed by atoms with Gasteiger partial charge in [0.05, 0.1) is 19.3 Å². The van der Waals surface area contributed by atoms with E-state index in [4.69, 9.17) is 10.5 Å². The average molecular weight is 283 g/mol. The third-order valence-electron chi connectivity index (χ3n) is 4.62. The van der Waals surface area contributed by atoms with Crippen LogP contribution in [0.25, 0.3) is 0 Å². The Hall–Kier alpha value is -0.650. The van der Waals surface area contributed by atoms with Crippen molar-refractivity contribution in [2.45, 2.75) is 38.7 Å². The molecule has 1 aliphatic carbocycles. The van der Waals surface area contributed by atoms with Gasteiger partial charge in [-0.2, -0.15) is 0 Å². The lowest BCUT2D eigenvalue weighted by Crippen LogP contribution is -2.49. The molecule has 2 atom stereocenters. The maximum atomic E-state index is 10.9. The van der Waals surface area contributed by atoms with E-state index < -0.39 is 0 Å². The Kier molecular flexibility index (Phi) is 6.26. The van der Waals surface area contributed by atoms with Crippen molar-refractivity contribution in [3.63, 3.8) is 0 Å². The molecule has 1 aliphatic heterocycles. The predicted molar refractivity (Wildman–Crippen MR) is 79.4 cm³/mol. The normalized spacial score (nSPS) is 29.4. The lowest BCUT2D eigenvalue weighted by atomic mass is 9.88. The molecule has 20 heavy (non-hydrogen) atoms. The number of piperazine rings is 1. The summed E-state index contributed by atoms with van der Waals surface area (Å²) in [5.74, 6) is 0.490. The molecule has 0 spiro atoms. The number of nitrogens with two attached hydrogens (primary N) is 1. The van der Waals surface area contributed by atoms with Gasteiger partial charge in [0.2, 0.25) is 5.91 Å². The van der Waals surface area contributed by atoms with Gasteiger partial charge in [-0.1, -0.05) is 19.8 Å². The van der Waals surface area contributed by atoms with E-state index in [-0.39, 0.29) is 5.91 Å². The number of amides is 1. The second-order valence-corrected chi connectivity index (χ2v) is 6.26. The van der Waals surface area contributed by atoms with Gasteiger partial charge in [0.1, 0.15) is 0 Å². The Morgan fingerprint density at radius 1 is 1.15 bits per heavy atom. The second kappa shape index (κ2) is 7.96. The second-order valence-electron chi connectivity index (χ2n) is 6.26. The highest BCUT2D eigenvalue weighted by Crippen LogP contribution is 2.26. The van der Waals surface area contributed by atoms with E-state index in [1.54, 1.807) is 0 Å². The van der Waals surface area contributed by atoms with Crippen LogP contribution < -0.4 is 5.73 Å². The molecule has 5 nitrogen and oxygen atoms in total. The third kappa shape index (κ3) is 5.04. The zero-order valence-corrected chi connectivity index (χ0v) is 12.7. The molecular formula is C15H29N3O2. The molecule has 0 aromatic carbocycles. The van der Waals surface area contributed by atoms with E-state index in [1.165, 1.54) is 25.7 Å². The fraction of sp³-hybridized carbons (Fsp3) is 0.933. The van der Waals surface area contributed by atoms with Gasteiger partial charge in [-0.25, -0.2) is 0 Å². The van der Waals surface area contributed by atoms with Crippen LogP contribution in [0, 0.1) is 5.92 Å². The first-order chi connectivity index (χ1) is 9.65.